The molecule has 28 heavy (non-hydrogen) atoms. The minimum atomic E-state index is -1.23. The van der Waals surface area contributed by atoms with Crippen LogP contribution in [0.5, 0.6) is 5.75 Å². The van der Waals surface area contributed by atoms with Gasteiger partial charge in [-0.15, -0.1) is 0 Å². The molecule has 0 aliphatic heterocycles. The third-order valence-corrected chi connectivity index (χ3v) is 3.93. The lowest BCUT2D eigenvalue weighted by Crippen LogP contribution is -2.31. The second-order valence-corrected chi connectivity index (χ2v) is 5.65. The second-order valence-electron chi connectivity index (χ2n) is 5.65. The van der Waals surface area contributed by atoms with Crippen molar-refractivity contribution < 1.29 is 23.6 Å². The number of nitrogens with one attached hydrogen (secondary N) is 1. The van der Waals surface area contributed by atoms with E-state index in [9.17, 15) is 19.3 Å². The number of carbonyl (C=O) groups excluding carboxylic acids is 1. The summed E-state index contributed by atoms with van der Waals surface area (Å²) in [6, 6.07) is 9.79. The Hall–Kier alpha value is -3.51. The van der Waals surface area contributed by atoms with Crippen LogP contribution in [-0.2, 0) is 16.1 Å². The average Bonchev–Trinajstić information content (AvgIpc) is 2.70. The van der Waals surface area contributed by atoms with Gasteiger partial charge < -0.3 is 14.8 Å². The summed E-state index contributed by atoms with van der Waals surface area (Å²) in [5.41, 5.74) is 0.0782. The zero-order valence-electron chi connectivity index (χ0n) is 15.3. The van der Waals surface area contributed by atoms with Crippen molar-refractivity contribution in [3.8, 4) is 11.8 Å². The molecule has 0 radical (unpaired) electrons. The summed E-state index contributed by atoms with van der Waals surface area (Å²) in [7, 11) is 1.39. The Morgan fingerprint density at radius 2 is 2.11 bits per heavy atom. The van der Waals surface area contributed by atoms with Crippen LogP contribution in [-0.4, -0.2) is 24.5 Å². The van der Waals surface area contributed by atoms with E-state index < -0.39 is 22.8 Å². The van der Waals surface area contributed by atoms with Crippen LogP contribution in [0.15, 0.2) is 36.4 Å². The van der Waals surface area contributed by atoms with Gasteiger partial charge in [0.1, 0.15) is 11.6 Å². The van der Waals surface area contributed by atoms with Crippen LogP contribution in [0.25, 0.3) is 0 Å². The fourth-order valence-corrected chi connectivity index (χ4v) is 2.55. The largest absolute Gasteiger partial charge is 0.497 e. The van der Waals surface area contributed by atoms with E-state index in [0.717, 1.165) is 12.1 Å². The molecule has 0 spiro atoms. The van der Waals surface area contributed by atoms with E-state index >= 15 is 0 Å². The van der Waals surface area contributed by atoms with Gasteiger partial charge in [-0.3, -0.25) is 14.9 Å². The van der Waals surface area contributed by atoms with Gasteiger partial charge in [-0.25, -0.2) is 4.39 Å². The highest BCUT2D eigenvalue weighted by molar-refractivity contribution is 5.82. The van der Waals surface area contributed by atoms with Crippen molar-refractivity contribution in [1.29, 1.82) is 5.26 Å². The fourth-order valence-electron chi connectivity index (χ4n) is 2.55. The Morgan fingerprint density at radius 1 is 1.36 bits per heavy atom. The van der Waals surface area contributed by atoms with Crippen LogP contribution < -0.4 is 10.1 Å². The molecule has 1 unspecified atom stereocenters. The predicted molar refractivity (Wildman–Crippen MR) is 97.0 cm³/mol. The summed E-state index contributed by atoms with van der Waals surface area (Å²) >= 11 is 0. The summed E-state index contributed by atoms with van der Waals surface area (Å²) in [6.45, 7) is 1.63. The molecule has 1 amide bonds. The second kappa shape index (κ2) is 9.43. The molecule has 146 valence electrons. The number of hydrogen-bond donors (Lipinski definition) is 1. The third-order valence-electron chi connectivity index (χ3n) is 3.93. The van der Waals surface area contributed by atoms with Crippen LogP contribution in [0.4, 0.5) is 10.1 Å². The van der Waals surface area contributed by atoms with Crippen LogP contribution >= 0.6 is 0 Å². The van der Waals surface area contributed by atoms with Gasteiger partial charge >= 0.3 is 0 Å². The van der Waals surface area contributed by atoms with Gasteiger partial charge in [0.15, 0.2) is 6.10 Å². The van der Waals surface area contributed by atoms with Crippen LogP contribution in [0, 0.1) is 27.3 Å². The Kier molecular flexibility index (Phi) is 7.01. The third kappa shape index (κ3) is 4.81. The Morgan fingerprint density at radius 3 is 2.68 bits per heavy atom. The number of methoxy groups -OCH3 is 1. The molecule has 0 fully saturated rings. The molecule has 2 aromatic carbocycles. The zero-order chi connectivity index (χ0) is 20.7. The SMILES string of the molecule is CCOC(C(=O)NCc1ccc(C#N)cc1[N+](=O)[O-])c1ccc(OC)cc1F. The number of nitriles is 1. The molecule has 2 rings (SSSR count). The van der Waals surface area contributed by atoms with Gasteiger partial charge in [0.05, 0.1) is 23.7 Å². The number of rotatable bonds is 8. The first-order valence-electron chi connectivity index (χ1n) is 8.31. The first-order chi connectivity index (χ1) is 13.4. The predicted octanol–water partition coefficient (Wildman–Crippen LogP) is 3.01. The Bertz CT molecular complexity index is 926. The topological polar surface area (TPSA) is 114 Å². The highest BCUT2D eigenvalue weighted by Crippen LogP contribution is 2.25. The molecule has 8 nitrogen and oxygen atoms in total. The van der Waals surface area contributed by atoms with E-state index in [1.807, 2.05) is 6.07 Å². The highest BCUT2D eigenvalue weighted by atomic mass is 19.1. The molecule has 0 bridgehead atoms. The first kappa shape index (κ1) is 20.8. The van der Waals surface area contributed by atoms with Crippen molar-refractivity contribution in [2.45, 2.75) is 19.6 Å². The van der Waals surface area contributed by atoms with Crippen LogP contribution in [0.3, 0.4) is 0 Å². The van der Waals surface area contributed by atoms with E-state index in [1.165, 1.54) is 31.4 Å². The molecule has 0 saturated carbocycles. The van der Waals surface area contributed by atoms with Gasteiger partial charge in [0.2, 0.25) is 0 Å². The molecule has 0 aliphatic carbocycles. The smallest absolute Gasteiger partial charge is 0.275 e. The van der Waals surface area contributed by atoms with Crippen LogP contribution in [0.1, 0.15) is 29.7 Å². The van der Waals surface area contributed by atoms with Crippen molar-refractivity contribution >= 4 is 11.6 Å². The number of nitro groups is 1. The molecule has 0 heterocycles. The van der Waals surface area contributed by atoms with E-state index in [1.54, 1.807) is 6.92 Å². The number of ether oxygens (including phenoxy) is 2. The standard InChI is InChI=1S/C19H18FN3O5/c1-3-28-18(15-7-6-14(27-2)9-16(15)20)19(24)22-11-13-5-4-12(10-21)8-17(13)23(25)26/h4-9,18H,3,11H2,1-2H3,(H,22,24). The fraction of sp³-hybridized carbons (Fsp3) is 0.263. The molecule has 0 aliphatic rings. The summed E-state index contributed by atoms with van der Waals surface area (Å²) in [4.78, 5) is 23.1. The molecule has 1 atom stereocenters. The summed E-state index contributed by atoms with van der Waals surface area (Å²) in [5.74, 6) is -1.02. The van der Waals surface area contributed by atoms with Gasteiger partial charge in [0.25, 0.3) is 11.6 Å². The van der Waals surface area contributed by atoms with Crippen molar-refractivity contribution in [2.24, 2.45) is 0 Å². The van der Waals surface area contributed by atoms with Gasteiger partial charge in [0, 0.05) is 36.4 Å². The number of amides is 1. The van der Waals surface area contributed by atoms with Crippen molar-refractivity contribution in [3.63, 3.8) is 0 Å². The van der Waals surface area contributed by atoms with Gasteiger partial charge in [-0.2, -0.15) is 5.26 Å². The lowest BCUT2D eigenvalue weighted by atomic mass is 10.1. The molecule has 2 aromatic rings. The minimum absolute atomic E-state index is 0.0227. The summed E-state index contributed by atoms with van der Waals surface area (Å²) < 4.78 is 24.6. The number of hydrogen-bond acceptors (Lipinski definition) is 6. The quantitative estimate of drug-likeness (QED) is 0.550. The van der Waals surface area contributed by atoms with E-state index in [-0.39, 0.29) is 35.5 Å². The number of carbonyl (C=O) groups is 1. The van der Waals surface area contributed by atoms with Crippen LogP contribution in [0.2, 0.25) is 0 Å². The molecular weight excluding hydrogens is 369 g/mol. The number of nitrogens with zero attached hydrogens (tertiary/aromatic N) is 2. The normalized spacial score (nSPS) is 11.4. The van der Waals surface area contributed by atoms with Gasteiger partial charge in [-0.05, 0) is 31.2 Å². The Labute approximate surface area is 160 Å². The van der Waals surface area contributed by atoms with E-state index in [2.05, 4.69) is 5.32 Å². The average molecular weight is 387 g/mol. The van der Waals surface area contributed by atoms with E-state index in [0.29, 0.717) is 5.75 Å². The molecule has 0 aromatic heterocycles. The number of benzene rings is 2. The lowest BCUT2D eigenvalue weighted by molar-refractivity contribution is -0.385. The molecule has 0 saturated heterocycles. The molecule has 9 heteroatoms. The van der Waals surface area contributed by atoms with Crippen molar-refractivity contribution in [3.05, 3.63) is 69.0 Å². The van der Waals surface area contributed by atoms with Crippen molar-refractivity contribution in [1.82, 2.24) is 5.32 Å². The van der Waals surface area contributed by atoms with E-state index in [4.69, 9.17) is 14.7 Å². The minimum Gasteiger partial charge on any atom is -0.497 e. The summed E-state index contributed by atoms with van der Waals surface area (Å²) in [6.07, 6.45) is -1.23. The molecular formula is C19H18FN3O5. The lowest BCUT2D eigenvalue weighted by Gasteiger charge is -2.18. The highest BCUT2D eigenvalue weighted by Gasteiger charge is 2.25. The number of halogens is 1. The maximum absolute atomic E-state index is 14.3. The maximum Gasteiger partial charge on any atom is 0.275 e. The summed E-state index contributed by atoms with van der Waals surface area (Å²) in [5, 5.41) is 22.6. The monoisotopic (exact) mass is 387 g/mol. The number of nitro benzene ring substituents is 1. The Balaban J connectivity index is 2.22. The maximum atomic E-state index is 14.3. The molecule has 1 N–H and O–H groups in total. The van der Waals surface area contributed by atoms with Crippen molar-refractivity contribution in [2.75, 3.05) is 13.7 Å². The zero-order valence-corrected chi connectivity index (χ0v) is 15.3. The van der Waals surface area contributed by atoms with Gasteiger partial charge in [-0.1, -0.05) is 0 Å². The first-order valence-corrected chi connectivity index (χ1v) is 8.31.